The molecule has 0 heterocycles. The monoisotopic (exact) mass is 277 g/mol. The van der Waals surface area contributed by atoms with Crippen LogP contribution in [-0.4, -0.2) is 26.8 Å². The van der Waals surface area contributed by atoms with E-state index in [1.807, 2.05) is 44.2 Å². The molecule has 1 unspecified atom stereocenters. The minimum absolute atomic E-state index is 0.0403. The van der Waals surface area contributed by atoms with Crippen molar-refractivity contribution >= 4 is 20.6 Å². The summed E-state index contributed by atoms with van der Waals surface area (Å²) in [5.41, 5.74) is 0. The van der Waals surface area contributed by atoms with Gasteiger partial charge in [-0.1, -0.05) is 37.3 Å². The highest BCUT2D eigenvalue weighted by atomic mass is 32.2. The summed E-state index contributed by atoms with van der Waals surface area (Å²) in [6.07, 6.45) is 0. The van der Waals surface area contributed by atoms with E-state index in [1.54, 1.807) is 12.1 Å². The third kappa shape index (κ3) is 3.33. The molecule has 2 rings (SSSR count). The highest BCUT2D eigenvalue weighted by Gasteiger charge is 2.18. The molecule has 19 heavy (non-hydrogen) atoms. The Balaban J connectivity index is 2.32. The van der Waals surface area contributed by atoms with Gasteiger partial charge < -0.3 is 5.32 Å². The number of nitrogens with one attached hydrogen (secondary N) is 1. The van der Waals surface area contributed by atoms with Crippen LogP contribution in [0.25, 0.3) is 10.8 Å². The summed E-state index contributed by atoms with van der Waals surface area (Å²) in [7, 11) is -3.24. The highest BCUT2D eigenvalue weighted by molar-refractivity contribution is 7.91. The van der Waals surface area contributed by atoms with Gasteiger partial charge in [-0.25, -0.2) is 8.42 Å². The van der Waals surface area contributed by atoms with Crippen LogP contribution in [0.3, 0.4) is 0 Å². The molecule has 0 aliphatic rings. The molecule has 0 radical (unpaired) electrons. The second-order valence-corrected chi connectivity index (χ2v) is 6.78. The molecule has 2 aromatic carbocycles. The van der Waals surface area contributed by atoms with Gasteiger partial charge in [-0.2, -0.15) is 0 Å². The summed E-state index contributed by atoms with van der Waals surface area (Å²) in [6, 6.07) is 13.0. The van der Waals surface area contributed by atoms with Crippen LogP contribution in [0.4, 0.5) is 0 Å². The van der Waals surface area contributed by atoms with Gasteiger partial charge in [-0.3, -0.25) is 0 Å². The topological polar surface area (TPSA) is 46.2 Å². The predicted octanol–water partition coefficient (Wildman–Crippen LogP) is 2.61. The maximum Gasteiger partial charge on any atom is 0.179 e. The first-order chi connectivity index (χ1) is 9.03. The lowest BCUT2D eigenvalue weighted by molar-refractivity contribution is 0.566. The molecular formula is C15H19NO2S. The molecule has 2 aromatic rings. The Kier molecular flexibility index (Phi) is 4.22. The SMILES string of the molecule is CCNC(C)CS(=O)(=O)c1ccc2ccccc2c1. The first-order valence-electron chi connectivity index (χ1n) is 6.48. The van der Waals surface area contributed by atoms with Crippen LogP contribution < -0.4 is 5.32 Å². The van der Waals surface area contributed by atoms with Crippen molar-refractivity contribution in [2.75, 3.05) is 12.3 Å². The van der Waals surface area contributed by atoms with E-state index in [2.05, 4.69) is 5.32 Å². The number of fused-ring (bicyclic) bond motifs is 1. The number of hydrogen-bond donors (Lipinski definition) is 1. The molecule has 0 spiro atoms. The molecular weight excluding hydrogens is 258 g/mol. The molecule has 1 atom stereocenters. The van der Waals surface area contributed by atoms with Crippen LogP contribution in [-0.2, 0) is 9.84 Å². The fourth-order valence-corrected chi connectivity index (χ4v) is 3.74. The Bertz CT molecular complexity index is 665. The van der Waals surface area contributed by atoms with Crippen LogP contribution in [0.2, 0.25) is 0 Å². The van der Waals surface area contributed by atoms with Crippen molar-refractivity contribution in [1.82, 2.24) is 5.32 Å². The largest absolute Gasteiger partial charge is 0.314 e. The Morgan fingerprint density at radius 1 is 1.11 bits per heavy atom. The molecule has 0 aliphatic heterocycles. The van der Waals surface area contributed by atoms with Crippen molar-refractivity contribution in [2.45, 2.75) is 24.8 Å². The van der Waals surface area contributed by atoms with Gasteiger partial charge in [-0.05, 0) is 36.4 Å². The van der Waals surface area contributed by atoms with Gasteiger partial charge in [0, 0.05) is 6.04 Å². The summed E-state index contributed by atoms with van der Waals surface area (Å²) in [6.45, 7) is 4.63. The summed E-state index contributed by atoms with van der Waals surface area (Å²) in [5.74, 6) is 0.124. The van der Waals surface area contributed by atoms with E-state index in [-0.39, 0.29) is 11.8 Å². The number of sulfone groups is 1. The molecule has 0 fully saturated rings. The van der Waals surface area contributed by atoms with Crippen molar-refractivity contribution in [2.24, 2.45) is 0 Å². The standard InChI is InChI=1S/C15H19NO2S/c1-3-16-12(2)11-19(17,18)15-9-8-13-6-4-5-7-14(13)10-15/h4-10,12,16H,3,11H2,1-2H3. The molecule has 4 heteroatoms. The van der Waals surface area contributed by atoms with E-state index in [0.717, 1.165) is 17.3 Å². The minimum atomic E-state index is -3.24. The maximum atomic E-state index is 12.3. The van der Waals surface area contributed by atoms with Crippen molar-refractivity contribution < 1.29 is 8.42 Å². The van der Waals surface area contributed by atoms with Gasteiger partial charge in [-0.15, -0.1) is 0 Å². The summed E-state index contributed by atoms with van der Waals surface area (Å²) in [5, 5.41) is 5.14. The first kappa shape index (κ1) is 14.0. The lowest BCUT2D eigenvalue weighted by Crippen LogP contribution is -2.32. The average molecular weight is 277 g/mol. The molecule has 0 aliphatic carbocycles. The van der Waals surface area contributed by atoms with Gasteiger partial charge in [0.05, 0.1) is 10.6 Å². The Morgan fingerprint density at radius 2 is 1.79 bits per heavy atom. The minimum Gasteiger partial charge on any atom is -0.314 e. The van der Waals surface area contributed by atoms with Crippen molar-refractivity contribution in [3.8, 4) is 0 Å². The Morgan fingerprint density at radius 3 is 2.47 bits per heavy atom. The lowest BCUT2D eigenvalue weighted by atomic mass is 10.1. The van der Waals surface area contributed by atoms with E-state index < -0.39 is 9.84 Å². The normalized spacial score (nSPS) is 13.6. The number of benzene rings is 2. The van der Waals surface area contributed by atoms with E-state index in [4.69, 9.17) is 0 Å². The Hall–Kier alpha value is -1.39. The second-order valence-electron chi connectivity index (χ2n) is 4.75. The van der Waals surface area contributed by atoms with E-state index in [9.17, 15) is 8.42 Å². The number of hydrogen-bond acceptors (Lipinski definition) is 3. The van der Waals surface area contributed by atoms with E-state index in [0.29, 0.717) is 4.90 Å². The molecule has 1 N–H and O–H groups in total. The van der Waals surface area contributed by atoms with Crippen molar-refractivity contribution in [3.63, 3.8) is 0 Å². The zero-order valence-electron chi connectivity index (χ0n) is 11.3. The third-order valence-electron chi connectivity index (χ3n) is 3.10. The zero-order chi connectivity index (χ0) is 13.9. The highest BCUT2D eigenvalue weighted by Crippen LogP contribution is 2.20. The van der Waals surface area contributed by atoms with Crippen LogP contribution in [0.5, 0.6) is 0 Å². The van der Waals surface area contributed by atoms with Gasteiger partial charge in [0.25, 0.3) is 0 Å². The van der Waals surface area contributed by atoms with Crippen LogP contribution >= 0.6 is 0 Å². The van der Waals surface area contributed by atoms with Gasteiger partial charge >= 0.3 is 0 Å². The van der Waals surface area contributed by atoms with E-state index in [1.165, 1.54) is 0 Å². The zero-order valence-corrected chi connectivity index (χ0v) is 12.1. The summed E-state index contributed by atoms with van der Waals surface area (Å²) in [4.78, 5) is 0.399. The van der Waals surface area contributed by atoms with Crippen LogP contribution in [0.1, 0.15) is 13.8 Å². The quantitative estimate of drug-likeness (QED) is 0.914. The van der Waals surface area contributed by atoms with Gasteiger partial charge in [0.2, 0.25) is 0 Å². The average Bonchev–Trinajstić information content (AvgIpc) is 2.37. The molecule has 0 aromatic heterocycles. The molecule has 0 saturated heterocycles. The van der Waals surface area contributed by atoms with Gasteiger partial charge in [0.1, 0.15) is 0 Å². The van der Waals surface area contributed by atoms with Crippen molar-refractivity contribution in [3.05, 3.63) is 42.5 Å². The molecule has 0 bridgehead atoms. The number of rotatable bonds is 5. The fourth-order valence-electron chi connectivity index (χ4n) is 2.19. The van der Waals surface area contributed by atoms with Crippen molar-refractivity contribution in [1.29, 1.82) is 0 Å². The fraction of sp³-hybridized carbons (Fsp3) is 0.333. The first-order valence-corrected chi connectivity index (χ1v) is 8.13. The molecule has 0 amide bonds. The summed E-state index contributed by atoms with van der Waals surface area (Å²) >= 11 is 0. The third-order valence-corrected chi connectivity index (χ3v) is 5.01. The van der Waals surface area contributed by atoms with Crippen LogP contribution in [0.15, 0.2) is 47.4 Å². The van der Waals surface area contributed by atoms with Gasteiger partial charge in [0.15, 0.2) is 9.84 Å². The van der Waals surface area contributed by atoms with Crippen LogP contribution in [0, 0.1) is 0 Å². The molecule has 102 valence electrons. The lowest BCUT2D eigenvalue weighted by Gasteiger charge is -2.13. The summed E-state index contributed by atoms with van der Waals surface area (Å²) < 4.78 is 24.6. The predicted molar refractivity (Wildman–Crippen MR) is 79.1 cm³/mol. The second kappa shape index (κ2) is 5.72. The Labute approximate surface area is 114 Å². The molecule has 3 nitrogen and oxygen atoms in total. The molecule has 0 saturated carbocycles. The van der Waals surface area contributed by atoms with E-state index >= 15 is 0 Å². The maximum absolute atomic E-state index is 12.3. The smallest absolute Gasteiger partial charge is 0.179 e.